The van der Waals surface area contributed by atoms with E-state index in [1.807, 2.05) is 67.6 Å². The second kappa shape index (κ2) is 17.7. The number of nitrogens with zero attached hydrogens (tertiary/aromatic N) is 3. The molecule has 0 amide bonds. The van der Waals surface area contributed by atoms with Crippen LogP contribution in [0.4, 0.5) is 0 Å². The smallest absolute Gasteiger partial charge is 0.148 e. The van der Waals surface area contributed by atoms with E-state index in [1.54, 1.807) is 6.07 Å². The molecule has 0 unspecified atom stereocenters. The Hall–Kier alpha value is -5.57. The Balaban J connectivity index is 0.00000882. The number of fused-ring (bicyclic) bond motifs is 1. The van der Waals surface area contributed by atoms with Crippen LogP contribution < -0.4 is 0 Å². The van der Waals surface area contributed by atoms with Gasteiger partial charge in [-0.15, -0.1) is 29.3 Å². The molecule has 0 aliphatic heterocycles. The first kappa shape index (κ1) is 33.0. The van der Waals surface area contributed by atoms with Crippen molar-refractivity contribution in [3.8, 4) is 67.5 Å². The molecule has 0 aliphatic rings. The average Bonchev–Trinajstić information content (AvgIpc) is 3.86. The molecule has 0 radical (unpaired) electrons. The molecule has 4 nitrogen and oxygen atoms in total. The normalized spacial score (nSPS) is 15.9. The first-order valence-corrected chi connectivity index (χ1v) is 21.8. The molecule has 336 valence electrons. The molecule has 2 aromatic heterocycles. The molecule has 0 atom stereocenters. The third-order valence-corrected chi connectivity index (χ3v) is 12.3. The summed E-state index contributed by atoms with van der Waals surface area (Å²) in [4.78, 5) is 10.2. The van der Waals surface area contributed by atoms with Crippen LogP contribution in [0.1, 0.15) is 135 Å². The Kier molecular flexibility index (Phi) is 8.97. The number of aromatic hydroxyl groups is 1. The fourth-order valence-electron chi connectivity index (χ4n) is 8.13. The molecular weight excluding hydrogens is 974 g/mol. The third kappa shape index (κ3) is 9.43. The molecule has 0 spiro atoms. The summed E-state index contributed by atoms with van der Waals surface area (Å²) in [5.74, 6) is 0.656. The maximum absolute atomic E-state index is 12.4. The molecule has 8 aromatic rings. The van der Waals surface area contributed by atoms with Crippen LogP contribution in [0.15, 0.2) is 133 Å². The van der Waals surface area contributed by atoms with Crippen molar-refractivity contribution in [3.05, 3.63) is 167 Å². The van der Waals surface area contributed by atoms with Gasteiger partial charge in [0.25, 0.3) is 0 Å². The fraction of sp³-hybridized carbons (Fsp3) is 0.300. The summed E-state index contributed by atoms with van der Waals surface area (Å²) in [5.41, 5.74) is 4.61. The molecule has 0 aliphatic carbocycles. The van der Waals surface area contributed by atoms with E-state index < -0.39 is 66.5 Å². The minimum Gasteiger partial charge on any atom is -0.507 e. The van der Waals surface area contributed by atoms with Crippen molar-refractivity contribution in [1.82, 2.24) is 14.5 Å². The zero-order valence-corrected chi connectivity index (χ0v) is 41.0. The van der Waals surface area contributed by atoms with Crippen LogP contribution in [0.5, 0.6) is 5.75 Å². The first-order valence-electron chi connectivity index (χ1n) is 28.3. The SMILES string of the molecule is [2H]c1c([2H])c(C(C([2H])([2H])[2H])(C([2H])([2H])[2H])C([2H])([2H])[2H])c([2H])c([2H])c1-c1ccnc(-c2[c-]c(-c3cccc4c3nc(-c3cc(C)cc(C(C)(C)C)c3O)n4-c3ccc(C(C)(C)CC)cc3-c3ccccc3)cc(C(C)(C)C)c2)c1.[Pt]. The number of pyridine rings is 1. The minimum absolute atomic E-state index is 0. The molecule has 65 heavy (non-hydrogen) atoms. The number of hydrogen-bond acceptors (Lipinski definition) is 3. The van der Waals surface area contributed by atoms with Gasteiger partial charge in [0.15, 0.2) is 0 Å². The van der Waals surface area contributed by atoms with Gasteiger partial charge in [-0.05, 0) is 98.7 Å². The molecule has 0 saturated carbocycles. The Morgan fingerprint density at radius 1 is 0.646 bits per heavy atom. The summed E-state index contributed by atoms with van der Waals surface area (Å²) in [5, 5.41) is 12.4. The van der Waals surface area contributed by atoms with Gasteiger partial charge < -0.3 is 5.11 Å². The van der Waals surface area contributed by atoms with Crippen molar-refractivity contribution in [2.45, 2.75) is 118 Å². The number of aromatic nitrogens is 3. The van der Waals surface area contributed by atoms with Crippen LogP contribution in [-0.2, 0) is 42.7 Å². The number of phenolic OH excluding ortho intramolecular Hbond substituents is 1. The number of rotatable bonds is 8. The first-order chi connectivity index (χ1) is 35.6. The fourth-order valence-corrected chi connectivity index (χ4v) is 8.13. The predicted octanol–water partition coefficient (Wildman–Crippen LogP) is 16.1. The maximum Gasteiger partial charge on any atom is 0.148 e. The molecule has 0 fully saturated rings. The van der Waals surface area contributed by atoms with Gasteiger partial charge in [-0.2, -0.15) is 0 Å². The standard InChI is InChI=1S/C60H64N3O.Pt/c1-14-60(12,13)45-27-28-52(48(37-45)40-19-16-15-17-20-40)63-53-22-18-21-47(54(53)62-56(63)49-31-38(2)32-50(55(49)64)59(9,10)11)42-33-43(35-46(34-42)58(6,7)8)51-36-41(29-30-61-51)39-23-25-44(26-24-39)57(3,4)5;/h15-32,34-37,64H,14H2,1-13H3;/q-1;/i3D3,4D3,5D3,23D,24D,25D,26D;. The van der Waals surface area contributed by atoms with Gasteiger partial charge in [-0.1, -0.05) is 179 Å². The van der Waals surface area contributed by atoms with Gasteiger partial charge in [-0.25, -0.2) is 4.98 Å². The largest absolute Gasteiger partial charge is 0.507 e. The van der Waals surface area contributed by atoms with E-state index in [4.69, 9.17) is 27.8 Å². The summed E-state index contributed by atoms with van der Waals surface area (Å²) in [6, 6.07) is 33.5. The molecule has 2 heterocycles. The minimum atomic E-state index is -3.81. The van der Waals surface area contributed by atoms with E-state index in [0.29, 0.717) is 33.7 Å². The Morgan fingerprint density at radius 2 is 1.35 bits per heavy atom. The number of benzene rings is 6. The van der Waals surface area contributed by atoms with Crippen molar-refractivity contribution in [2.24, 2.45) is 0 Å². The molecule has 0 saturated heterocycles. The van der Waals surface area contributed by atoms with Crippen LogP contribution in [0.3, 0.4) is 0 Å². The van der Waals surface area contributed by atoms with E-state index in [1.165, 1.54) is 17.8 Å². The van der Waals surface area contributed by atoms with Crippen molar-refractivity contribution < 1.29 is 44.0 Å². The summed E-state index contributed by atoms with van der Waals surface area (Å²) >= 11 is 0. The van der Waals surface area contributed by atoms with Gasteiger partial charge in [0.05, 0.1) is 27.8 Å². The molecular formula is C60H64N3OPt-. The van der Waals surface area contributed by atoms with Gasteiger partial charge >= 0.3 is 0 Å². The van der Waals surface area contributed by atoms with Gasteiger partial charge in [0, 0.05) is 56.4 Å². The van der Waals surface area contributed by atoms with Gasteiger partial charge in [0.2, 0.25) is 0 Å². The van der Waals surface area contributed by atoms with E-state index in [2.05, 4.69) is 103 Å². The molecule has 5 heteroatoms. The van der Waals surface area contributed by atoms with Crippen molar-refractivity contribution in [1.29, 1.82) is 0 Å². The third-order valence-electron chi connectivity index (χ3n) is 12.3. The summed E-state index contributed by atoms with van der Waals surface area (Å²) in [7, 11) is 0. The zero-order chi connectivity index (χ0) is 56.9. The summed E-state index contributed by atoms with van der Waals surface area (Å²) in [6.45, 7) is 9.65. The quantitative estimate of drug-likeness (QED) is 0.154. The maximum atomic E-state index is 12.4. The van der Waals surface area contributed by atoms with Crippen LogP contribution in [0, 0.1) is 13.0 Å². The van der Waals surface area contributed by atoms with E-state index in [9.17, 15) is 5.11 Å². The molecule has 8 rings (SSSR count). The average molecular weight is 1050 g/mol. The van der Waals surface area contributed by atoms with Crippen molar-refractivity contribution in [2.75, 3.05) is 0 Å². The second-order valence-corrected chi connectivity index (χ2v) is 19.6. The second-order valence-electron chi connectivity index (χ2n) is 19.6. The molecule has 1 N–H and O–H groups in total. The van der Waals surface area contributed by atoms with Gasteiger partial charge in [-0.3, -0.25) is 9.55 Å². The Bertz CT molecular complexity index is 3540. The Labute approximate surface area is 420 Å². The van der Waals surface area contributed by atoms with Crippen molar-refractivity contribution in [3.63, 3.8) is 0 Å². The van der Waals surface area contributed by atoms with Crippen molar-refractivity contribution >= 4 is 11.0 Å². The van der Waals surface area contributed by atoms with Crippen LogP contribution >= 0.6 is 0 Å². The summed E-state index contributed by atoms with van der Waals surface area (Å²) < 4.78 is 113. The monoisotopic (exact) mass is 1050 g/mol. The van der Waals surface area contributed by atoms with Crippen LogP contribution in [0.2, 0.25) is 0 Å². The van der Waals surface area contributed by atoms with Gasteiger partial charge in [0.1, 0.15) is 11.6 Å². The molecule has 6 aromatic carbocycles. The Morgan fingerprint density at radius 3 is 2.02 bits per heavy atom. The van der Waals surface area contributed by atoms with Crippen LogP contribution in [0.25, 0.3) is 72.7 Å². The summed E-state index contributed by atoms with van der Waals surface area (Å²) in [6.07, 6.45) is 2.34. The topological polar surface area (TPSA) is 50.9 Å². The predicted molar refractivity (Wildman–Crippen MR) is 271 cm³/mol. The zero-order valence-electron chi connectivity index (χ0n) is 51.7. The molecule has 0 bridgehead atoms. The van der Waals surface area contributed by atoms with Crippen LogP contribution in [-0.4, -0.2) is 19.6 Å². The van der Waals surface area contributed by atoms with E-state index >= 15 is 0 Å². The van der Waals surface area contributed by atoms with E-state index in [0.717, 1.165) is 51.0 Å². The number of hydrogen-bond donors (Lipinski definition) is 1. The van der Waals surface area contributed by atoms with E-state index in [-0.39, 0.29) is 43.4 Å². The number of imidazole rings is 1. The number of aryl methyl sites for hydroxylation is 1. The number of phenols is 1. The number of para-hydroxylation sites is 1.